The highest BCUT2D eigenvalue weighted by molar-refractivity contribution is 6.35. The monoisotopic (exact) mass is 296 g/mol. The quantitative estimate of drug-likeness (QED) is 0.774. The number of likely N-dealkylation sites (tertiary alicyclic amines) is 1. The molecular weight excluding hydrogens is 268 g/mol. The summed E-state index contributed by atoms with van der Waals surface area (Å²) in [4.78, 5) is 26.3. The summed E-state index contributed by atoms with van der Waals surface area (Å²) in [5, 5.41) is 12.0. The predicted molar refractivity (Wildman–Crippen MR) is 80.6 cm³/mol. The number of nitrogens with zero attached hydrogens (tertiary/aromatic N) is 1. The van der Waals surface area contributed by atoms with Crippen LogP contribution in [0.4, 0.5) is 0 Å². The van der Waals surface area contributed by atoms with Crippen LogP contribution in [-0.4, -0.2) is 47.1 Å². The van der Waals surface area contributed by atoms with Gasteiger partial charge in [-0.15, -0.1) is 0 Å². The van der Waals surface area contributed by atoms with E-state index in [-0.39, 0.29) is 18.7 Å². The van der Waals surface area contributed by atoms with Crippen LogP contribution in [0.25, 0.3) is 0 Å². The molecule has 3 unspecified atom stereocenters. The first-order chi connectivity index (χ1) is 10.1. The summed E-state index contributed by atoms with van der Waals surface area (Å²) in [5.74, 6) is -0.422. The maximum atomic E-state index is 12.4. The van der Waals surface area contributed by atoms with Crippen molar-refractivity contribution in [3.8, 4) is 0 Å². The molecule has 21 heavy (non-hydrogen) atoms. The number of hydrogen-bond donors (Lipinski definition) is 2. The van der Waals surface area contributed by atoms with E-state index < -0.39 is 11.8 Å². The van der Waals surface area contributed by atoms with Crippen molar-refractivity contribution < 1.29 is 14.7 Å². The van der Waals surface area contributed by atoms with Crippen LogP contribution in [0.1, 0.15) is 58.3 Å². The molecule has 0 aromatic rings. The molecule has 0 spiro atoms. The standard InChI is InChI=1S/C16H28N2O3/c1-12-6-2-3-8-14(12)17-15(20)16(21)18-10-5-4-7-13(18)9-11-19/h12-14,19H,2-11H2,1H3,(H,17,20). The molecule has 2 aliphatic rings. The Morgan fingerprint density at radius 2 is 1.86 bits per heavy atom. The van der Waals surface area contributed by atoms with Gasteiger partial charge in [0.25, 0.3) is 0 Å². The molecule has 0 bridgehead atoms. The molecule has 1 heterocycles. The molecule has 120 valence electrons. The summed E-state index contributed by atoms with van der Waals surface area (Å²) >= 11 is 0. The molecule has 2 N–H and O–H groups in total. The fourth-order valence-corrected chi connectivity index (χ4v) is 3.61. The number of hydrogen-bond acceptors (Lipinski definition) is 3. The molecule has 2 rings (SSSR count). The second-order valence-corrected chi connectivity index (χ2v) is 6.50. The van der Waals surface area contributed by atoms with E-state index in [2.05, 4.69) is 12.2 Å². The maximum absolute atomic E-state index is 12.4. The molecule has 1 saturated carbocycles. The van der Waals surface area contributed by atoms with Crippen molar-refractivity contribution >= 4 is 11.8 Å². The summed E-state index contributed by atoms with van der Waals surface area (Å²) in [6, 6.07) is 0.155. The fourth-order valence-electron chi connectivity index (χ4n) is 3.61. The Morgan fingerprint density at radius 3 is 2.57 bits per heavy atom. The number of rotatable bonds is 3. The summed E-state index contributed by atoms with van der Waals surface area (Å²) in [6.07, 6.45) is 7.90. The van der Waals surface area contributed by atoms with Gasteiger partial charge in [0.1, 0.15) is 0 Å². The number of nitrogens with one attached hydrogen (secondary N) is 1. The molecule has 5 heteroatoms. The molecular formula is C16H28N2O3. The molecule has 1 aliphatic heterocycles. The number of piperidine rings is 1. The minimum Gasteiger partial charge on any atom is -0.396 e. The van der Waals surface area contributed by atoms with Gasteiger partial charge in [0, 0.05) is 25.2 Å². The molecule has 0 aromatic heterocycles. The number of carbonyl (C=O) groups is 2. The van der Waals surface area contributed by atoms with E-state index >= 15 is 0 Å². The molecule has 0 radical (unpaired) electrons. The van der Waals surface area contributed by atoms with Crippen molar-refractivity contribution in [1.29, 1.82) is 0 Å². The van der Waals surface area contributed by atoms with Gasteiger partial charge in [-0.2, -0.15) is 0 Å². The van der Waals surface area contributed by atoms with Crippen LogP contribution in [0.2, 0.25) is 0 Å². The van der Waals surface area contributed by atoms with E-state index in [0.29, 0.717) is 18.9 Å². The van der Waals surface area contributed by atoms with Crippen molar-refractivity contribution in [2.45, 2.75) is 70.4 Å². The largest absolute Gasteiger partial charge is 0.396 e. The Bertz CT molecular complexity index is 371. The van der Waals surface area contributed by atoms with Gasteiger partial charge in [-0.25, -0.2) is 0 Å². The lowest BCUT2D eigenvalue weighted by Gasteiger charge is -2.36. The highest BCUT2D eigenvalue weighted by Gasteiger charge is 2.32. The Balaban J connectivity index is 1.92. The third kappa shape index (κ3) is 4.19. The SMILES string of the molecule is CC1CCCCC1NC(=O)C(=O)N1CCCCC1CCO. The lowest BCUT2D eigenvalue weighted by atomic mass is 9.86. The number of amides is 2. The summed E-state index contributed by atoms with van der Waals surface area (Å²) in [6.45, 7) is 2.84. The Morgan fingerprint density at radius 1 is 1.14 bits per heavy atom. The zero-order valence-electron chi connectivity index (χ0n) is 13.0. The van der Waals surface area contributed by atoms with Gasteiger partial charge in [0.2, 0.25) is 0 Å². The highest BCUT2D eigenvalue weighted by Crippen LogP contribution is 2.24. The average Bonchev–Trinajstić information content (AvgIpc) is 2.50. The number of carbonyl (C=O) groups excluding carboxylic acids is 2. The summed E-state index contributed by atoms with van der Waals surface area (Å²) in [5.41, 5.74) is 0. The predicted octanol–water partition coefficient (Wildman–Crippen LogP) is 1.44. The van der Waals surface area contributed by atoms with Gasteiger partial charge in [0.05, 0.1) is 0 Å². The van der Waals surface area contributed by atoms with Gasteiger partial charge in [-0.3, -0.25) is 9.59 Å². The minimum absolute atomic E-state index is 0.0192. The van der Waals surface area contributed by atoms with E-state index in [4.69, 9.17) is 5.11 Å². The molecule has 0 aromatic carbocycles. The van der Waals surface area contributed by atoms with Crippen molar-refractivity contribution in [3.05, 3.63) is 0 Å². The Hall–Kier alpha value is -1.10. The lowest BCUT2D eigenvalue weighted by molar-refractivity contribution is -0.149. The van der Waals surface area contributed by atoms with Crippen LogP contribution in [0, 0.1) is 5.92 Å². The van der Waals surface area contributed by atoms with Gasteiger partial charge in [-0.1, -0.05) is 19.8 Å². The third-order valence-corrected chi connectivity index (χ3v) is 4.97. The Labute approximate surface area is 127 Å². The van der Waals surface area contributed by atoms with Crippen LogP contribution in [0.5, 0.6) is 0 Å². The minimum atomic E-state index is -0.460. The average molecular weight is 296 g/mol. The molecule has 1 saturated heterocycles. The van der Waals surface area contributed by atoms with Crippen molar-refractivity contribution in [1.82, 2.24) is 10.2 Å². The third-order valence-electron chi connectivity index (χ3n) is 4.97. The van der Waals surface area contributed by atoms with Gasteiger partial charge < -0.3 is 15.3 Å². The van der Waals surface area contributed by atoms with Crippen LogP contribution < -0.4 is 5.32 Å². The van der Waals surface area contributed by atoms with E-state index in [1.807, 2.05) is 0 Å². The first-order valence-electron chi connectivity index (χ1n) is 8.35. The lowest BCUT2D eigenvalue weighted by Crippen LogP contribution is -2.53. The fraction of sp³-hybridized carbons (Fsp3) is 0.875. The van der Waals surface area contributed by atoms with Crippen molar-refractivity contribution in [2.24, 2.45) is 5.92 Å². The number of aliphatic hydroxyl groups is 1. The topological polar surface area (TPSA) is 69.6 Å². The highest BCUT2D eigenvalue weighted by atomic mass is 16.3. The van der Waals surface area contributed by atoms with Gasteiger partial charge >= 0.3 is 11.8 Å². The van der Waals surface area contributed by atoms with Crippen LogP contribution in [0.15, 0.2) is 0 Å². The molecule has 1 aliphatic carbocycles. The smallest absolute Gasteiger partial charge is 0.312 e. The van der Waals surface area contributed by atoms with Gasteiger partial charge in [0.15, 0.2) is 0 Å². The molecule has 5 nitrogen and oxygen atoms in total. The number of aliphatic hydroxyl groups excluding tert-OH is 1. The molecule has 3 atom stereocenters. The first kappa shape index (κ1) is 16.3. The van der Waals surface area contributed by atoms with E-state index in [9.17, 15) is 9.59 Å². The van der Waals surface area contributed by atoms with E-state index in [1.165, 1.54) is 6.42 Å². The second-order valence-electron chi connectivity index (χ2n) is 6.50. The van der Waals surface area contributed by atoms with E-state index in [1.54, 1.807) is 4.90 Å². The van der Waals surface area contributed by atoms with Crippen molar-refractivity contribution in [3.63, 3.8) is 0 Å². The molecule has 2 amide bonds. The Kier molecular flexibility index (Phi) is 6.03. The zero-order chi connectivity index (χ0) is 15.2. The zero-order valence-corrected chi connectivity index (χ0v) is 13.0. The van der Waals surface area contributed by atoms with Crippen LogP contribution in [0.3, 0.4) is 0 Å². The summed E-state index contributed by atoms with van der Waals surface area (Å²) < 4.78 is 0. The van der Waals surface area contributed by atoms with Crippen LogP contribution >= 0.6 is 0 Å². The second kappa shape index (κ2) is 7.78. The summed E-state index contributed by atoms with van der Waals surface area (Å²) in [7, 11) is 0. The van der Waals surface area contributed by atoms with Gasteiger partial charge in [-0.05, 0) is 44.4 Å². The van der Waals surface area contributed by atoms with Crippen LogP contribution in [-0.2, 0) is 9.59 Å². The van der Waals surface area contributed by atoms with Crippen molar-refractivity contribution in [2.75, 3.05) is 13.2 Å². The first-order valence-corrected chi connectivity index (χ1v) is 8.35. The molecule has 2 fully saturated rings. The normalized spacial score (nSPS) is 30.0. The van der Waals surface area contributed by atoms with E-state index in [0.717, 1.165) is 38.5 Å². The maximum Gasteiger partial charge on any atom is 0.312 e.